The molecule has 1 aromatic carbocycles. The summed E-state index contributed by atoms with van der Waals surface area (Å²) in [5.41, 5.74) is 1.09. The quantitative estimate of drug-likeness (QED) is 0.514. The standard InChI is InChI=1S/C7H6N2O2S/c8-9-7-3-1-6(2-4-7)5-12(10)11/h1-4H,5H2. The maximum atomic E-state index is 10.3. The van der Waals surface area contributed by atoms with Gasteiger partial charge in [0.25, 0.3) is 0 Å². The Morgan fingerprint density at radius 3 is 2.42 bits per heavy atom. The van der Waals surface area contributed by atoms with Crippen LogP contribution in [0.15, 0.2) is 24.3 Å². The van der Waals surface area contributed by atoms with Gasteiger partial charge in [-0.3, -0.25) is 4.21 Å². The Balaban J connectivity index is 2.80. The van der Waals surface area contributed by atoms with Crippen LogP contribution in [0.25, 0.3) is 4.98 Å². The predicted octanol–water partition coefficient (Wildman–Crippen LogP) is 1.55. The average molecular weight is 182 g/mol. The molecule has 0 spiro atoms. The third-order valence-corrected chi connectivity index (χ3v) is 1.91. The zero-order valence-electron chi connectivity index (χ0n) is 6.14. The number of diazo groups is 1. The zero-order chi connectivity index (χ0) is 8.97. The summed E-state index contributed by atoms with van der Waals surface area (Å²) < 4.78 is 20.5. The van der Waals surface area contributed by atoms with E-state index in [0.717, 1.165) is 0 Å². The topological polar surface area (TPSA) is 68.3 Å². The second-order valence-corrected chi connectivity index (χ2v) is 3.11. The van der Waals surface area contributed by atoms with Crippen LogP contribution < -0.4 is 0 Å². The molecule has 5 heteroatoms. The molecule has 4 nitrogen and oxygen atoms in total. The van der Waals surface area contributed by atoms with Crippen molar-refractivity contribution >= 4 is 16.8 Å². The van der Waals surface area contributed by atoms with E-state index in [1.54, 1.807) is 24.3 Å². The average Bonchev–Trinajstić information content (AvgIpc) is 2.05. The minimum atomic E-state index is -2.07. The molecule has 12 heavy (non-hydrogen) atoms. The molecular weight excluding hydrogens is 176 g/mol. The van der Waals surface area contributed by atoms with E-state index < -0.39 is 11.1 Å². The molecule has 0 aliphatic carbocycles. The number of hydrogen-bond acceptors (Lipinski definition) is 3. The van der Waals surface area contributed by atoms with E-state index in [-0.39, 0.29) is 5.75 Å². The summed E-state index contributed by atoms with van der Waals surface area (Å²) in [6, 6.07) is 6.29. The van der Waals surface area contributed by atoms with Gasteiger partial charge in [-0.25, -0.2) is 0 Å². The summed E-state index contributed by atoms with van der Waals surface area (Å²) in [4.78, 5) is 2.94. The highest BCUT2D eigenvalue weighted by atomic mass is 32.2. The first-order valence-corrected chi connectivity index (χ1v) is 4.46. The van der Waals surface area contributed by atoms with Gasteiger partial charge in [-0.05, 0) is 5.56 Å². The number of nitrogens with zero attached hydrogens (tertiary/aromatic N) is 2. The fourth-order valence-corrected chi connectivity index (χ4v) is 1.26. The maximum absolute atomic E-state index is 10.3. The smallest absolute Gasteiger partial charge is 0.385 e. The van der Waals surface area contributed by atoms with Gasteiger partial charge in [0.05, 0.1) is 0 Å². The van der Waals surface area contributed by atoms with E-state index in [1.807, 2.05) is 0 Å². The van der Waals surface area contributed by atoms with Crippen LogP contribution in [0.2, 0.25) is 0 Å². The molecule has 0 amide bonds. The van der Waals surface area contributed by atoms with Gasteiger partial charge in [0.1, 0.15) is 0 Å². The number of benzene rings is 1. The molecule has 0 aliphatic rings. The molecule has 0 aromatic heterocycles. The van der Waals surface area contributed by atoms with Crippen molar-refractivity contribution in [1.82, 2.24) is 0 Å². The summed E-state index contributed by atoms with van der Waals surface area (Å²) in [5, 5.41) is 8.31. The van der Waals surface area contributed by atoms with Crippen LogP contribution in [0.5, 0.6) is 0 Å². The van der Waals surface area contributed by atoms with Crippen LogP contribution in [-0.4, -0.2) is 8.76 Å². The SMILES string of the molecule is N#[N+]c1ccc(CS(=O)[O-])cc1. The van der Waals surface area contributed by atoms with Gasteiger partial charge in [-0.2, -0.15) is 0 Å². The van der Waals surface area contributed by atoms with Crippen LogP contribution >= 0.6 is 0 Å². The normalized spacial score (nSPS) is 12.0. The monoisotopic (exact) mass is 182 g/mol. The molecule has 0 aliphatic heterocycles. The highest BCUT2D eigenvalue weighted by Gasteiger charge is 2.01. The lowest BCUT2D eigenvalue weighted by Crippen LogP contribution is -1.91. The number of rotatable bonds is 2. The Bertz CT molecular complexity index is 328. The molecule has 1 aromatic rings. The lowest BCUT2D eigenvalue weighted by atomic mass is 10.2. The Morgan fingerprint density at radius 1 is 1.42 bits per heavy atom. The van der Waals surface area contributed by atoms with Gasteiger partial charge in [-0.1, -0.05) is 23.2 Å². The minimum absolute atomic E-state index is 0.00823. The first-order chi connectivity index (χ1) is 5.72. The predicted molar refractivity (Wildman–Crippen MR) is 43.8 cm³/mol. The second kappa shape index (κ2) is 3.95. The summed E-state index contributed by atoms with van der Waals surface area (Å²) >= 11 is -2.07. The zero-order valence-corrected chi connectivity index (χ0v) is 6.95. The lowest BCUT2D eigenvalue weighted by molar-refractivity contribution is 0.536. The molecule has 62 valence electrons. The maximum Gasteiger partial charge on any atom is 0.385 e. The summed E-state index contributed by atoms with van der Waals surface area (Å²) in [6.45, 7) is 0. The van der Waals surface area contributed by atoms with Crippen molar-refractivity contribution in [1.29, 1.82) is 5.39 Å². The summed E-state index contributed by atoms with van der Waals surface area (Å²) in [7, 11) is 0. The first-order valence-electron chi connectivity index (χ1n) is 3.22. The van der Waals surface area contributed by atoms with E-state index in [1.165, 1.54) is 0 Å². The van der Waals surface area contributed by atoms with Crippen LogP contribution in [-0.2, 0) is 16.8 Å². The molecular formula is C7H6N2O2S. The molecule has 0 saturated heterocycles. The Kier molecular flexibility index (Phi) is 2.91. The largest absolute Gasteiger partial charge is 0.772 e. The third kappa shape index (κ3) is 2.42. The van der Waals surface area contributed by atoms with Crippen LogP contribution in [0.4, 0.5) is 5.69 Å². The Labute approximate surface area is 72.1 Å². The minimum Gasteiger partial charge on any atom is -0.772 e. The Morgan fingerprint density at radius 2 is 2.00 bits per heavy atom. The molecule has 0 radical (unpaired) electrons. The van der Waals surface area contributed by atoms with Crippen molar-refractivity contribution in [2.45, 2.75) is 5.75 Å². The highest BCUT2D eigenvalue weighted by Crippen LogP contribution is 2.13. The van der Waals surface area contributed by atoms with E-state index in [9.17, 15) is 8.76 Å². The second-order valence-electron chi connectivity index (χ2n) is 2.21. The van der Waals surface area contributed by atoms with E-state index >= 15 is 0 Å². The first kappa shape index (κ1) is 8.84. The van der Waals surface area contributed by atoms with E-state index in [2.05, 4.69) is 4.98 Å². The van der Waals surface area contributed by atoms with Crippen LogP contribution in [0.1, 0.15) is 5.56 Å². The third-order valence-electron chi connectivity index (χ3n) is 1.34. The van der Waals surface area contributed by atoms with E-state index in [0.29, 0.717) is 11.3 Å². The van der Waals surface area contributed by atoms with Gasteiger partial charge in [0.15, 0.2) is 4.98 Å². The highest BCUT2D eigenvalue weighted by molar-refractivity contribution is 7.78. The Hall–Kier alpha value is -1.25. The molecule has 1 unspecified atom stereocenters. The molecule has 0 saturated carbocycles. The van der Waals surface area contributed by atoms with E-state index in [4.69, 9.17) is 5.39 Å². The van der Waals surface area contributed by atoms with Gasteiger partial charge in [-0.15, -0.1) is 0 Å². The van der Waals surface area contributed by atoms with Gasteiger partial charge in [0.2, 0.25) is 5.39 Å². The van der Waals surface area contributed by atoms with Crippen LogP contribution in [0, 0.1) is 5.39 Å². The van der Waals surface area contributed by atoms with Gasteiger partial charge in [0, 0.05) is 17.9 Å². The van der Waals surface area contributed by atoms with Crippen molar-refractivity contribution in [3.63, 3.8) is 0 Å². The molecule has 0 fully saturated rings. The molecule has 0 bridgehead atoms. The van der Waals surface area contributed by atoms with Crippen LogP contribution in [0.3, 0.4) is 0 Å². The molecule has 1 rings (SSSR count). The van der Waals surface area contributed by atoms with Crippen molar-refractivity contribution in [2.75, 3.05) is 0 Å². The van der Waals surface area contributed by atoms with Crippen molar-refractivity contribution in [3.05, 3.63) is 34.8 Å². The lowest BCUT2D eigenvalue weighted by Gasteiger charge is -2.02. The van der Waals surface area contributed by atoms with Crippen molar-refractivity contribution in [3.8, 4) is 0 Å². The fraction of sp³-hybridized carbons (Fsp3) is 0.143. The number of hydrogen-bond donors (Lipinski definition) is 0. The molecule has 0 N–H and O–H groups in total. The van der Waals surface area contributed by atoms with Gasteiger partial charge < -0.3 is 4.55 Å². The molecule has 0 heterocycles. The van der Waals surface area contributed by atoms with Gasteiger partial charge >= 0.3 is 5.69 Å². The summed E-state index contributed by atoms with van der Waals surface area (Å²) in [5.74, 6) is -0.00823. The fourth-order valence-electron chi connectivity index (χ4n) is 0.795. The summed E-state index contributed by atoms with van der Waals surface area (Å²) in [6.07, 6.45) is 0. The van der Waals surface area contributed by atoms with Crippen molar-refractivity contribution < 1.29 is 8.76 Å². The molecule has 1 atom stereocenters. The van der Waals surface area contributed by atoms with Crippen molar-refractivity contribution in [2.24, 2.45) is 0 Å².